The number of piperidine rings is 1. The van der Waals surface area contributed by atoms with E-state index in [1.54, 1.807) is 0 Å². The molecule has 2 fully saturated rings. The summed E-state index contributed by atoms with van der Waals surface area (Å²) in [6.45, 7) is 4.44. The van der Waals surface area contributed by atoms with E-state index in [9.17, 15) is 0 Å². The van der Waals surface area contributed by atoms with Gasteiger partial charge in [0, 0.05) is 11.8 Å². The molecule has 1 saturated carbocycles. The van der Waals surface area contributed by atoms with Crippen LogP contribution in [0.4, 0.5) is 0 Å². The molecule has 0 amide bonds. The Labute approximate surface area is 121 Å². The first kappa shape index (κ1) is 14.1. The van der Waals surface area contributed by atoms with Crippen molar-refractivity contribution in [3.05, 3.63) is 11.7 Å². The third kappa shape index (κ3) is 3.22. The van der Waals surface area contributed by atoms with Crippen LogP contribution in [0.3, 0.4) is 0 Å². The number of aromatic nitrogens is 2. The van der Waals surface area contributed by atoms with Crippen molar-refractivity contribution < 1.29 is 4.52 Å². The SMILES string of the molecule is CCCC1CCC(c2noc(C3CCNCC3)n2)CC1. The summed E-state index contributed by atoms with van der Waals surface area (Å²) in [5, 5.41) is 7.66. The normalized spacial score (nSPS) is 28.6. The second-order valence-electron chi connectivity index (χ2n) is 6.52. The summed E-state index contributed by atoms with van der Waals surface area (Å²) in [5.74, 6) is 3.83. The van der Waals surface area contributed by atoms with Crippen molar-refractivity contribution in [2.45, 2.75) is 70.1 Å². The van der Waals surface area contributed by atoms with E-state index in [4.69, 9.17) is 9.51 Å². The summed E-state index contributed by atoms with van der Waals surface area (Å²) in [4.78, 5) is 4.72. The molecule has 4 nitrogen and oxygen atoms in total. The van der Waals surface area contributed by atoms with Crippen LogP contribution in [-0.4, -0.2) is 23.2 Å². The van der Waals surface area contributed by atoms with Crippen molar-refractivity contribution in [2.24, 2.45) is 5.92 Å². The maximum absolute atomic E-state index is 5.54. The van der Waals surface area contributed by atoms with Crippen molar-refractivity contribution in [3.8, 4) is 0 Å². The van der Waals surface area contributed by atoms with Gasteiger partial charge in [-0.1, -0.05) is 24.9 Å². The molecule has 2 aliphatic rings. The number of nitrogens with one attached hydrogen (secondary N) is 1. The molecule has 112 valence electrons. The van der Waals surface area contributed by atoms with Crippen LogP contribution >= 0.6 is 0 Å². The standard InChI is InChI=1S/C16H27N3O/c1-2-3-12-4-6-13(7-5-12)15-18-16(20-19-15)14-8-10-17-11-9-14/h12-14,17H,2-11H2,1H3. The third-order valence-electron chi connectivity index (χ3n) is 5.05. The van der Waals surface area contributed by atoms with Gasteiger partial charge in [0.05, 0.1) is 0 Å². The van der Waals surface area contributed by atoms with Gasteiger partial charge in [0.15, 0.2) is 5.82 Å². The van der Waals surface area contributed by atoms with E-state index in [1.807, 2.05) is 0 Å². The van der Waals surface area contributed by atoms with Crippen LogP contribution in [0.1, 0.15) is 81.8 Å². The Hall–Kier alpha value is -0.900. The van der Waals surface area contributed by atoms with Gasteiger partial charge in [-0.3, -0.25) is 0 Å². The van der Waals surface area contributed by atoms with Crippen molar-refractivity contribution in [2.75, 3.05) is 13.1 Å². The van der Waals surface area contributed by atoms with Gasteiger partial charge >= 0.3 is 0 Å². The highest BCUT2D eigenvalue weighted by Gasteiger charge is 2.27. The molecular weight excluding hydrogens is 250 g/mol. The van der Waals surface area contributed by atoms with Crippen molar-refractivity contribution in [1.29, 1.82) is 0 Å². The van der Waals surface area contributed by atoms with Gasteiger partial charge in [-0.15, -0.1) is 0 Å². The molecule has 0 unspecified atom stereocenters. The predicted molar refractivity (Wildman–Crippen MR) is 78.7 cm³/mol. The van der Waals surface area contributed by atoms with Crippen LogP contribution in [0.5, 0.6) is 0 Å². The third-order valence-corrected chi connectivity index (χ3v) is 5.05. The van der Waals surface area contributed by atoms with Crippen LogP contribution in [0, 0.1) is 5.92 Å². The minimum atomic E-state index is 0.480. The molecule has 0 radical (unpaired) electrons. The first-order valence-electron chi connectivity index (χ1n) is 8.41. The van der Waals surface area contributed by atoms with Crippen LogP contribution in [0.15, 0.2) is 4.52 Å². The molecule has 3 rings (SSSR count). The number of hydrogen-bond acceptors (Lipinski definition) is 4. The summed E-state index contributed by atoms with van der Waals surface area (Å²) in [7, 11) is 0. The summed E-state index contributed by atoms with van der Waals surface area (Å²) in [6, 6.07) is 0. The number of hydrogen-bond donors (Lipinski definition) is 1. The van der Waals surface area contributed by atoms with Crippen LogP contribution in [-0.2, 0) is 0 Å². The lowest BCUT2D eigenvalue weighted by Crippen LogP contribution is -2.26. The lowest BCUT2D eigenvalue weighted by molar-refractivity contribution is 0.290. The van der Waals surface area contributed by atoms with Crippen LogP contribution in [0.25, 0.3) is 0 Å². The Morgan fingerprint density at radius 1 is 1.05 bits per heavy atom. The molecule has 1 N–H and O–H groups in total. The Morgan fingerprint density at radius 2 is 1.80 bits per heavy atom. The largest absolute Gasteiger partial charge is 0.339 e. The molecular formula is C16H27N3O. The van der Waals surface area contributed by atoms with E-state index in [0.717, 1.165) is 43.6 Å². The summed E-state index contributed by atoms with van der Waals surface area (Å²) >= 11 is 0. The average Bonchev–Trinajstić information content (AvgIpc) is 2.99. The molecule has 1 aromatic heterocycles. The van der Waals surface area contributed by atoms with E-state index in [2.05, 4.69) is 17.4 Å². The molecule has 1 aromatic rings. The molecule has 1 saturated heterocycles. The van der Waals surface area contributed by atoms with Gasteiger partial charge in [-0.2, -0.15) is 4.98 Å². The second kappa shape index (κ2) is 6.70. The van der Waals surface area contributed by atoms with Gasteiger partial charge < -0.3 is 9.84 Å². The molecule has 0 atom stereocenters. The molecule has 0 spiro atoms. The topological polar surface area (TPSA) is 51.0 Å². The fourth-order valence-electron chi connectivity index (χ4n) is 3.77. The lowest BCUT2D eigenvalue weighted by Gasteiger charge is -2.26. The van der Waals surface area contributed by atoms with E-state index >= 15 is 0 Å². The highest BCUT2D eigenvalue weighted by atomic mass is 16.5. The molecule has 0 aromatic carbocycles. The second-order valence-corrected chi connectivity index (χ2v) is 6.52. The maximum Gasteiger partial charge on any atom is 0.229 e. The maximum atomic E-state index is 5.54. The Kier molecular flexibility index (Phi) is 4.71. The van der Waals surface area contributed by atoms with Crippen LogP contribution < -0.4 is 5.32 Å². The summed E-state index contributed by atoms with van der Waals surface area (Å²) in [6.07, 6.45) is 10.1. The zero-order valence-corrected chi connectivity index (χ0v) is 12.6. The van der Waals surface area contributed by atoms with Gasteiger partial charge in [0.1, 0.15) is 0 Å². The zero-order chi connectivity index (χ0) is 13.8. The molecule has 20 heavy (non-hydrogen) atoms. The first-order chi connectivity index (χ1) is 9.86. The Balaban J connectivity index is 1.57. The highest BCUT2D eigenvalue weighted by Crippen LogP contribution is 2.37. The average molecular weight is 277 g/mol. The van der Waals surface area contributed by atoms with Crippen molar-refractivity contribution >= 4 is 0 Å². The molecule has 0 bridgehead atoms. The molecule has 4 heteroatoms. The van der Waals surface area contributed by atoms with Crippen molar-refractivity contribution in [1.82, 2.24) is 15.5 Å². The van der Waals surface area contributed by atoms with Gasteiger partial charge in [0.2, 0.25) is 5.89 Å². The fourth-order valence-corrected chi connectivity index (χ4v) is 3.77. The van der Waals surface area contributed by atoms with Gasteiger partial charge in [0.25, 0.3) is 0 Å². The predicted octanol–water partition coefficient (Wildman–Crippen LogP) is 3.61. The number of nitrogens with zero attached hydrogens (tertiary/aromatic N) is 2. The van der Waals surface area contributed by atoms with E-state index in [-0.39, 0.29) is 0 Å². The van der Waals surface area contributed by atoms with Gasteiger partial charge in [-0.05, 0) is 57.5 Å². The fraction of sp³-hybridized carbons (Fsp3) is 0.875. The molecule has 2 heterocycles. The van der Waals surface area contributed by atoms with E-state index in [1.165, 1.54) is 38.5 Å². The minimum Gasteiger partial charge on any atom is -0.339 e. The van der Waals surface area contributed by atoms with Crippen molar-refractivity contribution in [3.63, 3.8) is 0 Å². The monoisotopic (exact) mass is 277 g/mol. The Morgan fingerprint density at radius 3 is 2.50 bits per heavy atom. The summed E-state index contributed by atoms with van der Waals surface area (Å²) in [5.41, 5.74) is 0. The zero-order valence-electron chi connectivity index (χ0n) is 12.6. The molecule has 1 aliphatic heterocycles. The molecule has 1 aliphatic carbocycles. The van der Waals surface area contributed by atoms with E-state index < -0.39 is 0 Å². The number of rotatable bonds is 4. The van der Waals surface area contributed by atoms with Crippen LogP contribution in [0.2, 0.25) is 0 Å². The quantitative estimate of drug-likeness (QED) is 0.913. The highest BCUT2D eigenvalue weighted by molar-refractivity contribution is 5.01. The van der Waals surface area contributed by atoms with E-state index in [0.29, 0.717) is 11.8 Å². The van der Waals surface area contributed by atoms with Gasteiger partial charge in [-0.25, -0.2) is 0 Å². The first-order valence-corrected chi connectivity index (χ1v) is 8.41. The Bertz CT molecular complexity index is 404. The lowest BCUT2D eigenvalue weighted by atomic mass is 9.80. The smallest absolute Gasteiger partial charge is 0.229 e. The summed E-state index contributed by atoms with van der Waals surface area (Å²) < 4.78 is 5.54. The minimum absolute atomic E-state index is 0.480.